The van der Waals surface area contributed by atoms with E-state index in [0.717, 1.165) is 50.2 Å². The predicted octanol–water partition coefficient (Wildman–Crippen LogP) is 14.4. The van der Waals surface area contributed by atoms with Gasteiger partial charge in [-0.2, -0.15) is 0 Å². The van der Waals surface area contributed by atoms with Crippen molar-refractivity contribution < 1.29 is 0 Å². The molecule has 9 aromatic carbocycles. The van der Waals surface area contributed by atoms with Gasteiger partial charge in [0.15, 0.2) is 17.5 Å². The smallest absolute Gasteiger partial charge is 0.166 e. The van der Waals surface area contributed by atoms with E-state index >= 15 is 0 Å². The van der Waals surface area contributed by atoms with Crippen LogP contribution >= 0.6 is 0 Å². The molecule has 0 aliphatic heterocycles. The summed E-state index contributed by atoms with van der Waals surface area (Å²) in [5, 5.41) is 4.84. The molecule has 0 saturated carbocycles. The van der Waals surface area contributed by atoms with Crippen molar-refractivity contribution in [2.24, 2.45) is 0 Å². The Morgan fingerprint density at radius 1 is 0.258 bits per heavy atom. The summed E-state index contributed by atoms with van der Waals surface area (Å²) >= 11 is 0. The van der Waals surface area contributed by atoms with Crippen LogP contribution in [-0.4, -0.2) is 24.1 Å². The first-order chi connectivity index (χ1) is 30.7. The Morgan fingerprint density at radius 2 is 0.694 bits per heavy atom. The Hall–Kier alpha value is -8.41. The van der Waals surface area contributed by atoms with Gasteiger partial charge in [-0.15, -0.1) is 0 Å². The van der Waals surface area contributed by atoms with E-state index in [9.17, 15) is 0 Å². The lowest BCUT2D eigenvalue weighted by Crippen LogP contribution is -2.04. The minimum absolute atomic E-state index is 0.597. The second kappa shape index (κ2) is 14.7. The molecule has 0 saturated heterocycles. The molecule has 0 N–H and O–H groups in total. The first-order valence-corrected chi connectivity index (χ1v) is 20.9. The maximum atomic E-state index is 5.31. The molecule has 0 aliphatic rings. The Kier molecular flexibility index (Phi) is 8.42. The molecule has 0 atom stereocenters. The van der Waals surface area contributed by atoms with Gasteiger partial charge in [0.05, 0.1) is 27.8 Å². The number of fused-ring (bicyclic) bond motifs is 6. The van der Waals surface area contributed by atoms with E-state index in [1.165, 1.54) is 43.7 Å². The van der Waals surface area contributed by atoms with Gasteiger partial charge in [0.1, 0.15) is 0 Å². The van der Waals surface area contributed by atoms with E-state index in [-0.39, 0.29) is 0 Å². The highest BCUT2D eigenvalue weighted by molar-refractivity contribution is 6.11. The van der Waals surface area contributed by atoms with Crippen LogP contribution in [0.3, 0.4) is 0 Å². The zero-order valence-electron chi connectivity index (χ0n) is 33.6. The predicted molar refractivity (Wildman–Crippen MR) is 256 cm³/mol. The first kappa shape index (κ1) is 35.5. The fraction of sp³-hybridized carbons (Fsp3) is 0. The molecule has 62 heavy (non-hydrogen) atoms. The van der Waals surface area contributed by atoms with Crippen LogP contribution in [0.1, 0.15) is 0 Å². The third kappa shape index (κ3) is 5.98. The van der Waals surface area contributed by atoms with E-state index in [2.05, 4.69) is 197 Å². The Balaban J connectivity index is 1.11. The highest BCUT2D eigenvalue weighted by Gasteiger charge is 2.21. The molecule has 12 rings (SSSR count). The number of nitrogens with zero attached hydrogens (tertiary/aromatic N) is 5. The van der Waals surface area contributed by atoms with Crippen LogP contribution in [0.4, 0.5) is 0 Å². The summed E-state index contributed by atoms with van der Waals surface area (Å²) < 4.78 is 4.75. The van der Waals surface area contributed by atoms with Gasteiger partial charge in [-0.3, -0.25) is 0 Å². The van der Waals surface area contributed by atoms with Crippen LogP contribution in [0.5, 0.6) is 0 Å². The summed E-state index contributed by atoms with van der Waals surface area (Å²) in [6.07, 6.45) is 0. The second-order valence-corrected chi connectivity index (χ2v) is 15.6. The molecule has 3 heterocycles. The van der Waals surface area contributed by atoms with Crippen molar-refractivity contribution in [3.8, 4) is 67.8 Å². The number of hydrogen-bond donors (Lipinski definition) is 0. The van der Waals surface area contributed by atoms with Crippen molar-refractivity contribution in [3.05, 3.63) is 224 Å². The standard InChI is InChI=1S/C57H37N5/c1-4-17-38(18-5-1)42-31-33-53-48(36-42)47-27-12-15-30-52(47)62(53)54-34-32-43(41-23-16-24-44(35-41)61-50-28-13-10-25-45(50)46-26-11-14-29-51(46)61)37-49(54)57-59-55(39-19-6-2-7-20-39)58-56(60-57)40-21-8-3-9-22-40/h1-37H. The molecule has 0 spiro atoms. The first-order valence-electron chi connectivity index (χ1n) is 20.9. The molecule has 0 radical (unpaired) electrons. The Morgan fingerprint density at radius 3 is 1.31 bits per heavy atom. The van der Waals surface area contributed by atoms with E-state index in [1.807, 2.05) is 36.4 Å². The van der Waals surface area contributed by atoms with Crippen molar-refractivity contribution in [3.63, 3.8) is 0 Å². The third-order valence-corrected chi connectivity index (χ3v) is 12.0. The number of hydrogen-bond acceptors (Lipinski definition) is 3. The molecule has 0 aliphatic carbocycles. The minimum Gasteiger partial charge on any atom is -0.309 e. The normalized spacial score (nSPS) is 11.5. The SMILES string of the molecule is c1ccc(-c2ccc3c(c2)c2ccccc2n3-c2ccc(-c3cccc(-n4c5ccccc5c5ccccc54)c3)cc2-c2nc(-c3ccccc3)nc(-c3ccccc3)n2)cc1. The lowest BCUT2D eigenvalue weighted by molar-refractivity contribution is 1.06. The zero-order valence-corrected chi connectivity index (χ0v) is 33.6. The molecular formula is C57H37N5. The average molecular weight is 792 g/mol. The fourth-order valence-electron chi connectivity index (χ4n) is 9.09. The molecule has 0 amide bonds. The molecule has 12 aromatic rings. The number of para-hydroxylation sites is 3. The van der Waals surface area contributed by atoms with Crippen molar-refractivity contribution in [1.29, 1.82) is 0 Å². The molecule has 0 bridgehead atoms. The van der Waals surface area contributed by atoms with Crippen LogP contribution in [0.2, 0.25) is 0 Å². The molecule has 0 unspecified atom stereocenters. The van der Waals surface area contributed by atoms with Crippen LogP contribution in [-0.2, 0) is 0 Å². The summed E-state index contributed by atoms with van der Waals surface area (Å²) in [7, 11) is 0. The van der Waals surface area contributed by atoms with Crippen molar-refractivity contribution in [2.45, 2.75) is 0 Å². The second-order valence-electron chi connectivity index (χ2n) is 15.6. The number of aromatic nitrogens is 5. The summed E-state index contributed by atoms with van der Waals surface area (Å²) in [4.78, 5) is 15.7. The monoisotopic (exact) mass is 791 g/mol. The maximum Gasteiger partial charge on any atom is 0.166 e. The van der Waals surface area contributed by atoms with E-state index < -0.39 is 0 Å². The zero-order chi connectivity index (χ0) is 41.0. The summed E-state index contributed by atoms with van der Waals surface area (Å²) in [6.45, 7) is 0. The summed E-state index contributed by atoms with van der Waals surface area (Å²) in [5.74, 6) is 1.84. The maximum absolute atomic E-state index is 5.31. The summed E-state index contributed by atoms with van der Waals surface area (Å²) in [5.41, 5.74) is 13.9. The molecule has 3 aromatic heterocycles. The Bertz CT molecular complexity index is 3510. The lowest BCUT2D eigenvalue weighted by Gasteiger charge is -2.17. The van der Waals surface area contributed by atoms with E-state index in [4.69, 9.17) is 15.0 Å². The van der Waals surface area contributed by atoms with Gasteiger partial charge in [0.2, 0.25) is 0 Å². The lowest BCUT2D eigenvalue weighted by atomic mass is 10.00. The van der Waals surface area contributed by atoms with Gasteiger partial charge in [0, 0.05) is 43.9 Å². The summed E-state index contributed by atoms with van der Waals surface area (Å²) in [6, 6.07) is 79.3. The minimum atomic E-state index is 0.597. The van der Waals surface area contributed by atoms with Crippen molar-refractivity contribution >= 4 is 43.6 Å². The number of benzene rings is 9. The fourth-order valence-corrected chi connectivity index (χ4v) is 9.09. The Labute approximate surface area is 358 Å². The molecule has 5 heteroatoms. The van der Waals surface area contributed by atoms with Crippen LogP contribution < -0.4 is 0 Å². The largest absolute Gasteiger partial charge is 0.309 e. The van der Waals surface area contributed by atoms with Crippen LogP contribution in [0, 0.1) is 0 Å². The van der Waals surface area contributed by atoms with Gasteiger partial charge in [-0.05, 0) is 76.9 Å². The molecule has 5 nitrogen and oxygen atoms in total. The van der Waals surface area contributed by atoms with E-state index in [1.54, 1.807) is 0 Å². The highest BCUT2D eigenvalue weighted by Crippen LogP contribution is 2.40. The number of rotatable bonds is 7. The molecule has 290 valence electrons. The molecule has 0 fully saturated rings. The topological polar surface area (TPSA) is 48.5 Å². The highest BCUT2D eigenvalue weighted by atomic mass is 15.1. The van der Waals surface area contributed by atoms with Crippen molar-refractivity contribution in [2.75, 3.05) is 0 Å². The van der Waals surface area contributed by atoms with Gasteiger partial charge >= 0.3 is 0 Å². The van der Waals surface area contributed by atoms with Crippen molar-refractivity contribution in [1.82, 2.24) is 24.1 Å². The quantitative estimate of drug-likeness (QED) is 0.162. The van der Waals surface area contributed by atoms with Crippen LogP contribution in [0.15, 0.2) is 224 Å². The van der Waals surface area contributed by atoms with Gasteiger partial charge in [-0.1, -0.05) is 170 Å². The third-order valence-electron chi connectivity index (χ3n) is 12.0. The van der Waals surface area contributed by atoms with Gasteiger partial charge < -0.3 is 9.13 Å². The van der Waals surface area contributed by atoms with Gasteiger partial charge in [0.25, 0.3) is 0 Å². The van der Waals surface area contributed by atoms with E-state index in [0.29, 0.717) is 17.5 Å². The van der Waals surface area contributed by atoms with Crippen LogP contribution in [0.25, 0.3) is 111 Å². The molecular weight excluding hydrogens is 755 g/mol. The average Bonchev–Trinajstić information content (AvgIpc) is 3.87. The van der Waals surface area contributed by atoms with Gasteiger partial charge in [-0.25, -0.2) is 15.0 Å².